The molecule has 0 saturated heterocycles. The van der Waals surface area contributed by atoms with E-state index in [1.165, 1.54) is 100 Å². The van der Waals surface area contributed by atoms with Gasteiger partial charge in [-0.3, -0.25) is 0 Å². The van der Waals surface area contributed by atoms with Crippen molar-refractivity contribution in [3.8, 4) is 0 Å². The zero-order chi connectivity index (χ0) is 21.8. The van der Waals surface area contributed by atoms with E-state index in [0.717, 1.165) is 5.75 Å². The Balaban J connectivity index is 1.50. The van der Waals surface area contributed by atoms with Crippen LogP contribution >= 0.6 is 20.6 Å². The molecule has 0 saturated carbocycles. The van der Waals surface area contributed by atoms with E-state index in [2.05, 4.69) is 72.8 Å². The molecule has 0 fully saturated rings. The molecule has 2 aromatic rings. The Morgan fingerprint density at radius 3 is 1.42 bits per heavy atom. The molecule has 0 aliphatic carbocycles. The lowest BCUT2D eigenvalue weighted by atomic mass is 10.1. The number of unbranched alkanes of at least 4 members (excludes halogenated alkanes) is 11. The maximum Gasteiger partial charge on any atom is 0.00369 e. The molecule has 0 bridgehead atoms. The fourth-order valence-electron chi connectivity index (χ4n) is 3.99. The summed E-state index contributed by atoms with van der Waals surface area (Å²) in [5.41, 5.74) is 0. The van der Waals surface area contributed by atoms with Gasteiger partial charge in [-0.1, -0.05) is 130 Å². The lowest BCUT2D eigenvalue weighted by molar-refractivity contribution is 0.611. The molecule has 0 N–H and O–H groups in total. The van der Waals surface area contributed by atoms with E-state index < -0.39 is 0 Å². The smallest absolute Gasteiger partial charge is 0.00369 e. The predicted octanol–water partition coefficient (Wildman–Crippen LogP) is 8.94. The summed E-state index contributed by atoms with van der Waals surface area (Å²) in [6.07, 6.45) is 23.6. The van der Waals surface area contributed by atoms with Gasteiger partial charge in [0.15, 0.2) is 0 Å². The van der Waals surface area contributed by atoms with Crippen molar-refractivity contribution in [1.29, 1.82) is 0 Å². The highest BCUT2D eigenvalue weighted by Crippen LogP contribution is 2.34. The number of hydrogen-bond acceptors (Lipinski definition) is 0. The van der Waals surface area contributed by atoms with Crippen LogP contribution in [0, 0.1) is 0 Å². The van der Waals surface area contributed by atoms with Crippen LogP contribution in [0.15, 0.2) is 72.8 Å². The molecule has 2 aromatic carbocycles. The standard InChI is InChI=1S/C29H42PS/c31-27-21-13-11-9-7-5-3-1-2-4-6-8-10-12-20-26-30(28-22-16-14-17-23-28)29-24-18-15-19-25-29/h1,3,14-19,22-25H,2,4-13,20-21,26-27H2/b3-1-. The third kappa shape index (κ3) is 12.5. The number of hydrogen-bond donors (Lipinski definition) is 0. The second-order valence-corrected chi connectivity index (χ2v) is 11.2. The summed E-state index contributed by atoms with van der Waals surface area (Å²) in [4.78, 5) is 0. The Kier molecular flexibility index (Phi) is 15.7. The minimum absolute atomic E-state index is 0.207. The van der Waals surface area contributed by atoms with Gasteiger partial charge in [0.25, 0.3) is 0 Å². The van der Waals surface area contributed by atoms with E-state index in [4.69, 9.17) is 12.6 Å². The van der Waals surface area contributed by atoms with E-state index in [9.17, 15) is 0 Å². The zero-order valence-corrected chi connectivity index (χ0v) is 21.1. The molecule has 0 aromatic heterocycles. The SMILES string of the molecule is [S]CCCCCCC/C=C\CCCCCCCCP(c1ccccc1)c1ccccc1. The fourth-order valence-corrected chi connectivity index (χ4v) is 6.62. The average Bonchev–Trinajstić information content (AvgIpc) is 2.82. The first-order valence-corrected chi connectivity index (χ1v) is 14.6. The van der Waals surface area contributed by atoms with Gasteiger partial charge >= 0.3 is 0 Å². The first-order chi connectivity index (χ1) is 15.4. The Hall–Kier alpha value is -1.04. The van der Waals surface area contributed by atoms with Gasteiger partial charge < -0.3 is 0 Å². The maximum atomic E-state index is 4.99. The first-order valence-electron chi connectivity index (χ1n) is 12.5. The summed E-state index contributed by atoms with van der Waals surface area (Å²) in [7, 11) is -0.207. The van der Waals surface area contributed by atoms with Gasteiger partial charge in [0, 0.05) is 5.75 Å². The van der Waals surface area contributed by atoms with Gasteiger partial charge in [-0.15, -0.1) is 0 Å². The van der Waals surface area contributed by atoms with Crippen molar-refractivity contribution in [3.63, 3.8) is 0 Å². The second kappa shape index (κ2) is 18.5. The predicted molar refractivity (Wildman–Crippen MR) is 146 cm³/mol. The Labute approximate surface area is 199 Å². The van der Waals surface area contributed by atoms with Gasteiger partial charge in [-0.25, -0.2) is 0 Å². The Bertz CT molecular complexity index is 628. The van der Waals surface area contributed by atoms with Crippen molar-refractivity contribution in [3.05, 3.63) is 72.8 Å². The molecule has 0 atom stereocenters. The van der Waals surface area contributed by atoms with Crippen LogP contribution in [-0.4, -0.2) is 11.9 Å². The van der Waals surface area contributed by atoms with Gasteiger partial charge in [0.2, 0.25) is 0 Å². The lowest BCUT2D eigenvalue weighted by Crippen LogP contribution is -2.13. The Morgan fingerprint density at radius 1 is 0.516 bits per heavy atom. The van der Waals surface area contributed by atoms with Crippen molar-refractivity contribution in [2.75, 3.05) is 11.9 Å². The molecule has 2 rings (SSSR count). The summed E-state index contributed by atoms with van der Waals surface area (Å²) in [6.45, 7) is 0. The zero-order valence-electron chi connectivity index (χ0n) is 19.4. The average molecular weight is 454 g/mol. The second-order valence-electron chi connectivity index (χ2n) is 8.46. The van der Waals surface area contributed by atoms with Crippen LogP contribution in [0.4, 0.5) is 0 Å². The molecule has 2 heteroatoms. The monoisotopic (exact) mass is 453 g/mol. The maximum absolute atomic E-state index is 4.99. The van der Waals surface area contributed by atoms with Gasteiger partial charge in [-0.05, 0) is 63.2 Å². The minimum atomic E-state index is -0.207. The molecular formula is C29H42PS. The van der Waals surface area contributed by atoms with Gasteiger partial charge in [-0.2, -0.15) is 0 Å². The van der Waals surface area contributed by atoms with Crippen LogP contribution < -0.4 is 10.6 Å². The highest BCUT2D eigenvalue weighted by Gasteiger charge is 2.12. The molecule has 0 amide bonds. The molecule has 0 spiro atoms. The topological polar surface area (TPSA) is 0 Å². The number of rotatable bonds is 18. The largest absolute Gasteiger partial charge is 0.0942 e. The van der Waals surface area contributed by atoms with Crippen molar-refractivity contribution >= 4 is 31.2 Å². The molecule has 31 heavy (non-hydrogen) atoms. The summed E-state index contributed by atoms with van der Waals surface area (Å²) >= 11 is 4.99. The quantitative estimate of drug-likeness (QED) is 0.120. The van der Waals surface area contributed by atoms with E-state index in [1.54, 1.807) is 0 Å². The molecule has 1 radical (unpaired) electrons. The third-order valence-corrected chi connectivity index (χ3v) is 8.72. The van der Waals surface area contributed by atoms with Crippen molar-refractivity contribution in [1.82, 2.24) is 0 Å². The van der Waals surface area contributed by atoms with Crippen LogP contribution in [0.2, 0.25) is 0 Å². The summed E-state index contributed by atoms with van der Waals surface area (Å²) in [5, 5.41) is 3.04. The third-order valence-electron chi connectivity index (χ3n) is 5.82. The molecule has 0 aliphatic rings. The fraction of sp³-hybridized carbons (Fsp3) is 0.517. The lowest BCUT2D eigenvalue weighted by Gasteiger charge is -2.18. The van der Waals surface area contributed by atoms with Crippen LogP contribution in [-0.2, 0) is 0 Å². The number of benzene rings is 2. The summed E-state index contributed by atoms with van der Waals surface area (Å²) in [5.74, 6) is 0.933. The van der Waals surface area contributed by atoms with Gasteiger partial charge in [0.1, 0.15) is 0 Å². The molecule has 0 heterocycles. The van der Waals surface area contributed by atoms with Crippen LogP contribution in [0.1, 0.15) is 83.5 Å². The van der Waals surface area contributed by atoms with E-state index >= 15 is 0 Å². The highest BCUT2D eigenvalue weighted by atomic mass is 32.1. The molecule has 0 unspecified atom stereocenters. The van der Waals surface area contributed by atoms with Crippen molar-refractivity contribution in [2.24, 2.45) is 0 Å². The normalized spacial score (nSPS) is 11.5. The Morgan fingerprint density at radius 2 is 0.935 bits per heavy atom. The van der Waals surface area contributed by atoms with Gasteiger partial charge in [0.05, 0.1) is 0 Å². The summed E-state index contributed by atoms with van der Waals surface area (Å²) in [6, 6.07) is 22.3. The summed E-state index contributed by atoms with van der Waals surface area (Å²) < 4.78 is 0. The number of allylic oxidation sites excluding steroid dienone is 2. The minimum Gasteiger partial charge on any atom is -0.0942 e. The van der Waals surface area contributed by atoms with E-state index in [0.29, 0.717) is 0 Å². The van der Waals surface area contributed by atoms with Crippen LogP contribution in [0.25, 0.3) is 0 Å². The van der Waals surface area contributed by atoms with E-state index in [1.807, 2.05) is 0 Å². The van der Waals surface area contributed by atoms with Crippen molar-refractivity contribution < 1.29 is 0 Å². The van der Waals surface area contributed by atoms with Crippen LogP contribution in [0.5, 0.6) is 0 Å². The van der Waals surface area contributed by atoms with Crippen LogP contribution in [0.3, 0.4) is 0 Å². The first kappa shape index (κ1) is 26.2. The van der Waals surface area contributed by atoms with E-state index in [-0.39, 0.29) is 7.92 Å². The highest BCUT2D eigenvalue weighted by molar-refractivity contribution is 7.80. The van der Waals surface area contributed by atoms with Crippen molar-refractivity contribution in [2.45, 2.75) is 83.5 Å². The molecular weight excluding hydrogens is 411 g/mol. The molecule has 169 valence electrons. The molecule has 0 aliphatic heterocycles. The molecule has 0 nitrogen and oxygen atoms in total.